The highest BCUT2D eigenvalue weighted by molar-refractivity contribution is 6.31. The third-order valence-electron chi connectivity index (χ3n) is 5.31. The first kappa shape index (κ1) is 19.8. The number of quaternary nitrogens is 2. The zero-order chi connectivity index (χ0) is 19.4. The fraction of sp³-hybridized carbons (Fsp3) is 0.381. The van der Waals surface area contributed by atoms with Crippen molar-refractivity contribution in [3.05, 3.63) is 63.9 Å². The Morgan fingerprint density at radius 3 is 2.26 bits per heavy atom. The predicted molar refractivity (Wildman–Crippen MR) is 106 cm³/mol. The standard InChI is InChI=1S/C21H25ClFN3O/c1-15-5-3-6-16(2)21(15)24-20(27)14-26-11-9-25(10-12-26)13-17-18(22)7-4-8-19(17)23/h3-8H,9-14H2,1-2H3,(H,24,27)/p+2. The maximum atomic E-state index is 14.0. The number of hydrogen-bond donors (Lipinski definition) is 3. The molecule has 1 heterocycles. The molecule has 1 fully saturated rings. The van der Waals surface area contributed by atoms with E-state index in [0.717, 1.165) is 43.0 Å². The van der Waals surface area contributed by atoms with E-state index < -0.39 is 0 Å². The second-order valence-corrected chi connectivity index (χ2v) is 7.78. The van der Waals surface area contributed by atoms with E-state index in [2.05, 4.69) is 5.32 Å². The fourth-order valence-corrected chi connectivity index (χ4v) is 3.91. The molecule has 0 aromatic heterocycles. The number of nitrogens with one attached hydrogen (secondary N) is 3. The van der Waals surface area contributed by atoms with E-state index >= 15 is 0 Å². The smallest absolute Gasteiger partial charge is 0.279 e. The fourth-order valence-electron chi connectivity index (χ4n) is 3.68. The molecule has 1 aliphatic heterocycles. The molecule has 27 heavy (non-hydrogen) atoms. The summed E-state index contributed by atoms with van der Waals surface area (Å²) in [6.45, 7) is 8.64. The molecule has 3 rings (SSSR count). The molecule has 0 bridgehead atoms. The van der Waals surface area contributed by atoms with Crippen LogP contribution in [0.5, 0.6) is 0 Å². The van der Waals surface area contributed by atoms with Gasteiger partial charge in [-0.05, 0) is 37.1 Å². The van der Waals surface area contributed by atoms with Crippen LogP contribution in [0.1, 0.15) is 16.7 Å². The highest BCUT2D eigenvalue weighted by Crippen LogP contribution is 2.19. The van der Waals surface area contributed by atoms with E-state index in [1.54, 1.807) is 12.1 Å². The van der Waals surface area contributed by atoms with Crippen molar-refractivity contribution in [2.75, 3.05) is 38.0 Å². The van der Waals surface area contributed by atoms with Crippen LogP contribution in [0.25, 0.3) is 0 Å². The minimum Gasteiger partial charge on any atom is -0.322 e. The van der Waals surface area contributed by atoms with Crippen LogP contribution >= 0.6 is 11.6 Å². The lowest BCUT2D eigenvalue weighted by Crippen LogP contribution is -3.28. The Morgan fingerprint density at radius 1 is 1.04 bits per heavy atom. The minimum atomic E-state index is -0.238. The zero-order valence-electron chi connectivity index (χ0n) is 15.9. The van der Waals surface area contributed by atoms with Gasteiger partial charge >= 0.3 is 0 Å². The first-order valence-electron chi connectivity index (χ1n) is 9.40. The second kappa shape index (κ2) is 8.83. The van der Waals surface area contributed by atoms with Gasteiger partial charge in [-0.15, -0.1) is 0 Å². The van der Waals surface area contributed by atoms with Gasteiger partial charge in [-0.1, -0.05) is 35.9 Å². The van der Waals surface area contributed by atoms with Crippen LogP contribution < -0.4 is 15.1 Å². The molecular formula is C21H27ClFN3O+2. The molecule has 0 saturated carbocycles. The first-order valence-corrected chi connectivity index (χ1v) is 9.78. The molecule has 1 amide bonds. The minimum absolute atomic E-state index is 0.0444. The molecule has 0 radical (unpaired) electrons. The molecule has 3 N–H and O–H groups in total. The Labute approximate surface area is 164 Å². The van der Waals surface area contributed by atoms with Crippen molar-refractivity contribution >= 4 is 23.2 Å². The summed E-state index contributed by atoms with van der Waals surface area (Å²) in [6.07, 6.45) is 0. The highest BCUT2D eigenvalue weighted by atomic mass is 35.5. The molecule has 2 aromatic carbocycles. The third kappa shape index (κ3) is 5.06. The largest absolute Gasteiger partial charge is 0.322 e. The van der Waals surface area contributed by atoms with Crippen LogP contribution in [0.15, 0.2) is 36.4 Å². The summed E-state index contributed by atoms with van der Waals surface area (Å²) in [5.74, 6) is -0.194. The molecule has 1 aliphatic rings. The average Bonchev–Trinajstić information content (AvgIpc) is 2.63. The lowest BCUT2D eigenvalue weighted by Gasteiger charge is -2.29. The summed E-state index contributed by atoms with van der Waals surface area (Å²) in [6, 6.07) is 10.8. The molecule has 2 aromatic rings. The number of benzene rings is 2. The Balaban J connectivity index is 1.50. The van der Waals surface area contributed by atoms with Gasteiger partial charge in [0.1, 0.15) is 38.5 Å². The first-order chi connectivity index (χ1) is 12.9. The summed E-state index contributed by atoms with van der Waals surface area (Å²) in [5, 5.41) is 3.55. The van der Waals surface area contributed by atoms with Gasteiger partial charge in [-0.2, -0.15) is 0 Å². The lowest BCUT2D eigenvalue weighted by atomic mass is 10.1. The van der Waals surface area contributed by atoms with Gasteiger partial charge in [0, 0.05) is 5.69 Å². The summed E-state index contributed by atoms with van der Waals surface area (Å²) in [5.41, 5.74) is 3.66. The van der Waals surface area contributed by atoms with Crippen molar-refractivity contribution < 1.29 is 19.0 Å². The maximum Gasteiger partial charge on any atom is 0.279 e. The number of anilines is 1. The topological polar surface area (TPSA) is 38.0 Å². The second-order valence-electron chi connectivity index (χ2n) is 7.37. The average molecular weight is 392 g/mol. The molecule has 0 atom stereocenters. The van der Waals surface area contributed by atoms with E-state index in [4.69, 9.17) is 11.6 Å². The number of aryl methyl sites for hydroxylation is 2. The molecule has 4 nitrogen and oxygen atoms in total. The summed E-state index contributed by atoms with van der Waals surface area (Å²) in [7, 11) is 0. The number of hydrogen-bond acceptors (Lipinski definition) is 1. The molecule has 6 heteroatoms. The van der Waals surface area contributed by atoms with Gasteiger partial charge in [0.15, 0.2) is 6.54 Å². The van der Waals surface area contributed by atoms with Gasteiger partial charge < -0.3 is 15.1 Å². The number of piperazine rings is 1. The number of amides is 1. The molecule has 1 saturated heterocycles. The van der Waals surface area contributed by atoms with Crippen molar-refractivity contribution in [3.63, 3.8) is 0 Å². The molecular weight excluding hydrogens is 365 g/mol. The summed E-state index contributed by atoms with van der Waals surface area (Å²) >= 11 is 6.14. The van der Waals surface area contributed by atoms with Crippen LogP contribution in [-0.4, -0.2) is 38.6 Å². The van der Waals surface area contributed by atoms with E-state index in [-0.39, 0.29) is 11.7 Å². The quantitative estimate of drug-likeness (QED) is 0.699. The van der Waals surface area contributed by atoms with Crippen molar-refractivity contribution in [2.24, 2.45) is 0 Å². The normalized spacial score (nSPS) is 19.7. The van der Waals surface area contributed by atoms with Crippen LogP contribution in [0.2, 0.25) is 5.02 Å². The Kier molecular flexibility index (Phi) is 6.47. The monoisotopic (exact) mass is 391 g/mol. The van der Waals surface area contributed by atoms with Crippen LogP contribution in [-0.2, 0) is 11.3 Å². The zero-order valence-corrected chi connectivity index (χ0v) is 16.6. The number of para-hydroxylation sites is 1. The SMILES string of the molecule is Cc1cccc(C)c1NC(=O)C[NH+]1CC[NH+](Cc2c(F)cccc2Cl)CC1. The van der Waals surface area contributed by atoms with Gasteiger partial charge in [0.05, 0.1) is 10.6 Å². The van der Waals surface area contributed by atoms with Gasteiger partial charge in [-0.25, -0.2) is 4.39 Å². The maximum absolute atomic E-state index is 14.0. The number of carbonyl (C=O) groups excluding carboxylic acids is 1. The summed E-state index contributed by atoms with van der Waals surface area (Å²) in [4.78, 5) is 15.0. The number of carbonyl (C=O) groups is 1. The van der Waals surface area contributed by atoms with Crippen molar-refractivity contribution in [1.82, 2.24) is 0 Å². The van der Waals surface area contributed by atoms with Crippen LogP contribution in [0.4, 0.5) is 10.1 Å². The third-order valence-corrected chi connectivity index (χ3v) is 5.66. The van der Waals surface area contributed by atoms with E-state index in [1.807, 2.05) is 32.0 Å². The number of halogens is 2. The summed E-state index contributed by atoms with van der Waals surface area (Å²) < 4.78 is 14.0. The Hall–Kier alpha value is -1.95. The van der Waals surface area contributed by atoms with Crippen LogP contribution in [0, 0.1) is 19.7 Å². The van der Waals surface area contributed by atoms with E-state index in [1.165, 1.54) is 15.9 Å². The van der Waals surface area contributed by atoms with Gasteiger partial charge in [0.2, 0.25) is 0 Å². The Bertz CT molecular complexity index is 779. The highest BCUT2D eigenvalue weighted by Gasteiger charge is 2.26. The van der Waals surface area contributed by atoms with Crippen molar-refractivity contribution in [1.29, 1.82) is 0 Å². The molecule has 0 unspecified atom stereocenters. The predicted octanol–water partition coefficient (Wildman–Crippen LogP) is 1.02. The van der Waals surface area contributed by atoms with Crippen molar-refractivity contribution in [2.45, 2.75) is 20.4 Å². The van der Waals surface area contributed by atoms with Gasteiger partial charge in [0.25, 0.3) is 5.91 Å². The molecule has 0 aliphatic carbocycles. The van der Waals surface area contributed by atoms with Gasteiger partial charge in [-0.3, -0.25) is 4.79 Å². The van der Waals surface area contributed by atoms with E-state index in [9.17, 15) is 9.18 Å². The van der Waals surface area contributed by atoms with Crippen molar-refractivity contribution in [3.8, 4) is 0 Å². The van der Waals surface area contributed by atoms with E-state index in [0.29, 0.717) is 23.7 Å². The molecule has 0 spiro atoms. The number of rotatable bonds is 5. The lowest BCUT2D eigenvalue weighted by molar-refractivity contribution is -1.02. The Morgan fingerprint density at radius 2 is 1.63 bits per heavy atom. The van der Waals surface area contributed by atoms with Crippen LogP contribution in [0.3, 0.4) is 0 Å². The molecule has 144 valence electrons.